The molecular weight excluding hydrogens is 529 g/mol. The normalized spacial score (nSPS) is 11.9. The lowest BCUT2D eigenvalue weighted by Gasteiger charge is -2.10. The summed E-state index contributed by atoms with van der Waals surface area (Å²) in [5.41, 5.74) is 1.60. The molecule has 0 saturated heterocycles. The Bertz CT molecular complexity index is 1360. The van der Waals surface area contributed by atoms with E-state index in [9.17, 15) is 13.9 Å². The number of hydrogen-bond donors (Lipinski definition) is 2. The van der Waals surface area contributed by atoms with E-state index in [4.69, 9.17) is 10.6 Å². The molecule has 0 radical (unpaired) electrons. The third-order valence-electron chi connectivity index (χ3n) is 4.42. The van der Waals surface area contributed by atoms with E-state index in [0.29, 0.717) is 28.1 Å². The fourth-order valence-electron chi connectivity index (χ4n) is 2.95. The van der Waals surface area contributed by atoms with Gasteiger partial charge in [0, 0.05) is 21.1 Å². The Morgan fingerprint density at radius 3 is 2.66 bits per heavy atom. The summed E-state index contributed by atoms with van der Waals surface area (Å²) >= 11 is 2.02. The number of benzene rings is 3. The number of nitrogens with two attached hydrogens (primary N) is 1. The summed E-state index contributed by atoms with van der Waals surface area (Å²) in [5.74, 6) is 4.78. The van der Waals surface area contributed by atoms with E-state index < -0.39 is 11.6 Å². The summed E-state index contributed by atoms with van der Waals surface area (Å²) in [6.07, 6.45) is 1.36. The molecule has 0 aliphatic heterocycles. The van der Waals surface area contributed by atoms with Gasteiger partial charge < -0.3 is 15.7 Å². The number of fused-ring (bicyclic) bond motifs is 1. The van der Waals surface area contributed by atoms with Gasteiger partial charge in [0.25, 0.3) is 0 Å². The number of aromatic hydroxyl groups is 1. The molecule has 0 saturated carbocycles. The van der Waals surface area contributed by atoms with Crippen molar-refractivity contribution in [3.63, 3.8) is 0 Å². The molecule has 4 rings (SSSR count). The topological polar surface area (TPSA) is 93.1 Å². The van der Waals surface area contributed by atoms with Crippen LogP contribution in [0.1, 0.15) is 5.69 Å². The van der Waals surface area contributed by atoms with Gasteiger partial charge in [-0.2, -0.15) is 5.10 Å². The second-order valence-corrected chi connectivity index (χ2v) is 7.88. The number of ether oxygens (including phenoxy) is 1. The molecule has 9 heteroatoms. The molecule has 0 aliphatic carbocycles. The van der Waals surface area contributed by atoms with Gasteiger partial charge in [-0.05, 0) is 71.1 Å². The largest absolute Gasteiger partial charge is 0.505 e. The average Bonchev–Trinajstić information content (AvgIpc) is 2.76. The predicted molar refractivity (Wildman–Crippen MR) is 128 cm³/mol. The zero-order valence-corrected chi connectivity index (χ0v) is 18.5. The van der Waals surface area contributed by atoms with Crippen LogP contribution in [0.4, 0.5) is 14.5 Å². The minimum Gasteiger partial charge on any atom is -0.505 e. The minimum atomic E-state index is -0.782. The van der Waals surface area contributed by atoms with Gasteiger partial charge in [0.15, 0.2) is 11.6 Å². The Hall–Kier alpha value is -3.60. The van der Waals surface area contributed by atoms with Crippen LogP contribution in [0.5, 0.6) is 17.2 Å². The van der Waals surface area contributed by atoms with Crippen molar-refractivity contribution in [1.82, 2.24) is 4.98 Å². The molecule has 160 valence electrons. The van der Waals surface area contributed by atoms with Crippen molar-refractivity contribution in [1.29, 1.82) is 0 Å². The zero-order valence-electron chi connectivity index (χ0n) is 16.3. The number of hydrazone groups is 1. The maximum Gasteiger partial charge on any atom is 0.166 e. The molecule has 0 amide bonds. The van der Waals surface area contributed by atoms with Crippen molar-refractivity contribution in [2.45, 2.75) is 0 Å². The second-order valence-electron chi connectivity index (χ2n) is 6.63. The molecule has 1 heterocycles. The molecule has 0 aliphatic rings. The first-order chi connectivity index (χ1) is 15.4. The molecule has 0 bridgehead atoms. The third-order valence-corrected chi connectivity index (χ3v) is 5.05. The third kappa shape index (κ3) is 4.83. The summed E-state index contributed by atoms with van der Waals surface area (Å²) in [6.45, 7) is 0. The van der Waals surface area contributed by atoms with Crippen molar-refractivity contribution in [3.8, 4) is 17.2 Å². The fourth-order valence-corrected chi connectivity index (χ4v) is 3.55. The zero-order chi connectivity index (χ0) is 22.7. The van der Waals surface area contributed by atoms with Gasteiger partial charge in [-0.15, -0.1) is 0 Å². The highest BCUT2D eigenvalue weighted by molar-refractivity contribution is 14.1. The van der Waals surface area contributed by atoms with Crippen LogP contribution in [0.15, 0.2) is 76.8 Å². The first-order valence-electron chi connectivity index (χ1n) is 9.27. The summed E-state index contributed by atoms with van der Waals surface area (Å²) < 4.78 is 33.8. The highest BCUT2D eigenvalue weighted by Gasteiger charge is 2.10. The molecule has 0 spiro atoms. The number of pyridine rings is 1. The summed E-state index contributed by atoms with van der Waals surface area (Å²) in [7, 11) is 0. The van der Waals surface area contributed by atoms with Crippen molar-refractivity contribution >= 4 is 51.1 Å². The first-order valence-corrected chi connectivity index (χ1v) is 10.4. The van der Waals surface area contributed by atoms with E-state index >= 15 is 0 Å². The number of hydrogen-bond acceptors (Lipinski definition) is 6. The molecule has 1 aromatic heterocycles. The number of rotatable bonds is 5. The molecule has 0 unspecified atom stereocenters. The molecule has 3 aromatic carbocycles. The lowest BCUT2D eigenvalue weighted by molar-refractivity contribution is 0.432. The van der Waals surface area contributed by atoms with Crippen LogP contribution in [0.3, 0.4) is 0 Å². The van der Waals surface area contributed by atoms with Gasteiger partial charge in [0.2, 0.25) is 0 Å². The van der Waals surface area contributed by atoms with E-state index in [1.807, 2.05) is 22.6 Å². The van der Waals surface area contributed by atoms with Crippen molar-refractivity contribution < 1.29 is 18.6 Å². The van der Waals surface area contributed by atoms with Gasteiger partial charge in [0.1, 0.15) is 23.0 Å². The van der Waals surface area contributed by atoms with Crippen LogP contribution in [0.25, 0.3) is 10.9 Å². The van der Waals surface area contributed by atoms with E-state index in [1.165, 1.54) is 30.5 Å². The summed E-state index contributed by atoms with van der Waals surface area (Å²) in [6, 6.07) is 17.0. The monoisotopic (exact) mass is 544 g/mol. The smallest absolute Gasteiger partial charge is 0.166 e. The van der Waals surface area contributed by atoms with Gasteiger partial charge in [-0.25, -0.2) is 13.8 Å². The van der Waals surface area contributed by atoms with E-state index in [1.54, 1.807) is 36.4 Å². The highest BCUT2D eigenvalue weighted by atomic mass is 127. The number of phenols is 1. The lowest BCUT2D eigenvalue weighted by Crippen LogP contribution is -2.08. The van der Waals surface area contributed by atoms with Crippen LogP contribution >= 0.6 is 22.6 Å². The molecule has 0 fully saturated rings. The van der Waals surface area contributed by atoms with Crippen LogP contribution in [-0.4, -0.2) is 22.0 Å². The van der Waals surface area contributed by atoms with Crippen LogP contribution in [0.2, 0.25) is 0 Å². The van der Waals surface area contributed by atoms with Gasteiger partial charge >= 0.3 is 0 Å². The quantitative estimate of drug-likeness (QED) is 0.146. The van der Waals surface area contributed by atoms with Crippen molar-refractivity contribution in [3.05, 3.63) is 87.6 Å². The standard InChI is InChI=1S/C23H15F2IN4O2/c24-13-8-14(26)10-16(9-13)32-23-3-1-2-19-17(23)5-6-20(29-19)21(30-27)12-28-15-4-7-22(31)18(25)11-15/h1-12,31H,27H2. The minimum absolute atomic E-state index is 0.270. The van der Waals surface area contributed by atoms with E-state index in [2.05, 4.69) is 15.1 Å². The number of nitrogens with zero attached hydrogens (tertiary/aromatic N) is 3. The molecule has 4 aromatic rings. The second kappa shape index (κ2) is 9.27. The maximum absolute atomic E-state index is 13.7. The molecule has 32 heavy (non-hydrogen) atoms. The fraction of sp³-hybridized carbons (Fsp3) is 0. The van der Waals surface area contributed by atoms with Crippen LogP contribution in [0, 0.1) is 15.2 Å². The SMILES string of the molecule is NN=C(C=Nc1ccc(O)c(F)c1)c1ccc2c(Oc3cc(F)cc(I)c3)cccc2n1. The molecule has 6 nitrogen and oxygen atoms in total. The molecule has 3 N–H and O–H groups in total. The van der Waals surface area contributed by atoms with Gasteiger partial charge in [-0.3, -0.25) is 4.99 Å². The Kier molecular flexibility index (Phi) is 6.26. The Balaban J connectivity index is 1.64. The summed E-state index contributed by atoms with van der Waals surface area (Å²) in [5, 5.41) is 13.7. The van der Waals surface area contributed by atoms with E-state index in [0.717, 1.165) is 9.64 Å². The Morgan fingerprint density at radius 2 is 1.91 bits per heavy atom. The molecular formula is C23H15F2IN4O2. The van der Waals surface area contributed by atoms with Crippen molar-refractivity contribution in [2.24, 2.45) is 15.9 Å². The maximum atomic E-state index is 13.7. The van der Waals surface area contributed by atoms with Gasteiger partial charge in [-0.1, -0.05) is 6.07 Å². The Labute approximate surface area is 195 Å². The molecule has 0 atom stereocenters. The number of aliphatic imine (C=N–C) groups is 1. The van der Waals surface area contributed by atoms with Crippen LogP contribution < -0.4 is 10.6 Å². The van der Waals surface area contributed by atoms with Crippen molar-refractivity contribution in [2.75, 3.05) is 0 Å². The number of halogens is 3. The predicted octanol–water partition coefficient (Wildman–Crippen LogP) is 5.68. The van der Waals surface area contributed by atoms with Crippen LogP contribution in [-0.2, 0) is 0 Å². The summed E-state index contributed by atoms with van der Waals surface area (Å²) in [4.78, 5) is 8.69. The number of aromatic nitrogens is 1. The lowest BCUT2D eigenvalue weighted by atomic mass is 10.1. The first kappa shape index (κ1) is 21.6. The highest BCUT2D eigenvalue weighted by Crippen LogP contribution is 2.30. The average molecular weight is 544 g/mol. The van der Waals surface area contributed by atoms with Gasteiger partial charge in [0.05, 0.1) is 23.1 Å². The van der Waals surface area contributed by atoms with E-state index in [-0.39, 0.29) is 17.2 Å². The Morgan fingerprint density at radius 1 is 1.06 bits per heavy atom. The number of phenolic OH excluding ortho intramolecular Hbond substituents is 1.